The van der Waals surface area contributed by atoms with E-state index in [1.54, 1.807) is 16.6 Å². The molecule has 198 valence electrons. The maximum Gasteiger partial charge on any atom is 0.153 e. The molecular weight excluding hydrogens is 664 g/mol. The van der Waals surface area contributed by atoms with Gasteiger partial charge in [-0.25, -0.2) is 8.84 Å². The van der Waals surface area contributed by atoms with E-state index in [1.807, 2.05) is 25.1 Å². The molecule has 5 rings (SSSR count). The summed E-state index contributed by atoms with van der Waals surface area (Å²) in [5.41, 5.74) is 2.88. The van der Waals surface area contributed by atoms with Gasteiger partial charge in [-0.1, -0.05) is 23.2 Å². The van der Waals surface area contributed by atoms with Crippen LogP contribution in [0, 0.1) is 0 Å². The molecule has 1 fully saturated rings. The number of nitrogens with zero attached hydrogens (tertiary/aromatic N) is 6. The highest BCUT2D eigenvalue weighted by Crippen LogP contribution is 2.37. The van der Waals surface area contributed by atoms with Crippen LogP contribution in [0.25, 0.3) is 22.8 Å². The Labute approximate surface area is 243 Å². The molecule has 0 N–H and O–H groups in total. The summed E-state index contributed by atoms with van der Waals surface area (Å²) in [5.74, 6) is 0.0237. The Morgan fingerprint density at radius 1 is 1.18 bits per heavy atom. The monoisotopic (exact) mass is 686 g/mol. The molecule has 1 aromatic carbocycles. The fourth-order valence-electron chi connectivity index (χ4n) is 4.20. The maximum atomic E-state index is 15.6. The zero-order valence-electron chi connectivity index (χ0n) is 20.2. The van der Waals surface area contributed by atoms with Gasteiger partial charge >= 0.3 is 0 Å². The molecule has 4 heterocycles. The van der Waals surface area contributed by atoms with E-state index in [2.05, 4.69) is 47.2 Å². The van der Waals surface area contributed by atoms with Gasteiger partial charge in [0.2, 0.25) is 0 Å². The molecule has 3 aromatic heterocycles. The minimum absolute atomic E-state index is 0.210. The van der Waals surface area contributed by atoms with E-state index in [9.17, 15) is 0 Å². The van der Waals surface area contributed by atoms with Gasteiger partial charge in [-0.05, 0) is 59.3 Å². The number of halogens is 4. The van der Waals surface area contributed by atoms with E-state index in [1.165, 1.54) is 18.5 Å². The van der Waals surface area contributed by atoms with E-state index < -0.39 is 11.9 Å². The summed E-state index contributed by atoms with van der Waals surface area (Å²) in [6, 6.07) is 9.09. The van der Waals surface area contributed by atoms with Crippen molar-refractivity contribution in [3.63, 3.8) is 0 Å². The number of hydrogen-bond donors (Lipinski definition) is 0. The first kappa shape index (κ1) is 27.6. The number of fused-ring (bicyclic) bond motifs is 1. The van der Waals surface area contributed by atoms with Crippen LogP contribution in [0.1, 0.15) is 35.7 Å². The molecule has 2 atom stereocenters. The molecular formula is C25H23Cl2FIN6O2P. The third kappa shape index (κ3) is 6.26. The molecule has 38 heavy (non-hydrogen) atoms. The van der Waals surface area contributed by atoms with Gasteiger partial charge in [-0.2, -0.15) is 15.3 Å². The number of hydrogen-bond acceptors (Lipinski definition) is 7. The predicted octanol–water partition coefficient (Wildman–Crippen LogP) is 6.76. The third-order valence-corrected chi connectivity index (χ3v) is 8.55. The number of ether oxygens (including phenoxy) is 2. The zero-order valence-corrected chi connectivity index (χ0v) is 24.9. The quantitative estimate of drug-likeness (QED) is 0.150. The minimum Gasteiger partial charge on any atom is -0.486 e. The maximum absolute atomic E-state index is 15.6. The number of rotatable bonds is 8. The van der Waals surface area contributed by atoms with Gasteiger partial charge in [0.15, 0.2) is 5.83 Å². The second kappa shape index (κ2) is 12.5. The van der Waals surface area contributed by atoms with Crippen molar-refractivity contribution in [3.05, 3.63) is 75.4 Å². The fourth-order valence-corrected chi connectivity index (χ4v) is 6.40. The summed E-state index contributed by atoms with van der Waals surface area (Å²) in [6.45, 7) is 5.68. The van der Waals surface area contributed by atoms with Crippen molar-refractivity contribution in [2.45, 2.75) is 19.6 Å². The van der Waals surface area contributed by atoms with Crippen LogP contribution in [0.4, 0.5) is 4.39 Å². The lowest BCUT2D eigenvalue weighted by Gasteiger charge is -2.25. The van der Waals surface area contributed by atoms with E-state index in [4.69, 9.17) is 32.7 Å². The molecule has 13 heteroatoms. The van der Waals surface area contributed by atoms with Gasteiger partial charge in [-0.3, -0.25) is 9.88 Å². The Bertz CT molecular complexity index is 1450. The first-order valence-corrected chi connectivity index (χ1v) is 16.6. The molecule has 0 radical (unpaired) electrons. The average molecular weight is 687 g/mol. The normalized spacial score (nSPS) is 16.0. The van der Waals surface area contributed by atoms with Crippen LogP contribution in [0.2, 0.25) is 10.0 Å². The molecule has 0 bridgehead atoms. The van der Waals surface area contributed by atoms with Crippen molar-refractivity contribution in [2.24, 2.45) is 0 Å². The Balaban J connectivity index is 1.39. The van der Waals surface area contributed by atoms with Gasteiger partial charge < -0.3 is 9.47 Å². The molecule has 4 aromatic rings. The van der Waals surface area contributed by atoms with Crippen molar-refractivity contribution >= 4 is 74.4 Å². The van der Waals surface area contributed by atoms with Crippen LogP contribution >= 0.6 is 51.6 Å². The van der Waals surface area contributed by atoms with Gasteiger partial charge in [0.1, 0.15) is 17.5 Å². The van der Waals surface area contributed by atoms with Crippen LogP contribution in [0.15, 0.2) is 42.7 Å². The summed E-state index contributed by atoms with van der Waals surface area (Å²) in [5, 5.41) is 14.4. The van der Waals surface area contributed by atoms with Gasteiger partial charge in [-0.15, -0.1) is 0 Å². The Kier molecular flexibility index (Phi) is 9.07. The lowest BCUT2D eigenvalue weighted by atomic mass is 10.1. The predicted molar refractivity (Wildman–Crippen MR) is 158 cm³/mol. The van der Waals surface area contributed by atoms with Crippen LogP contribution < -0.4 is 4.74 Å². The molecule has 2 unspecified atom stereocenters. The first-order chi connectivity index (χ1) is 18.4. The van der Waals surface area contributed by atoms with Gasteiger partial charge in [0.25, 0.3) is 0 Å². The molecule has 1 saturated heterocycles. The molecule has 1 aliphatic rings. The molecule has 0 spiro atoms. The summed E-state index contributed by atoms with van der Waals surface area (Å²) in [7, 11) is 0. The minimum atomic E-state index is -0.510. The highest BCUT2D eigenvalue weighted by Gasteiger charge is 2.19. The average Bonchev–Trinajstić information content (AvgIpc) is 3.28. The lowest BCUT2D eigenvalue weighted by Crippen LogP contribution is -2.35. The number of pyridine rings is 1. The summed E-state index contributed by atoms with van der Waals surface area (Å²) in [4.78, 5) is 6.24. The summed E-state index contributed by atoms with van der Waals surface area (Å²) >= 11 is 14.8. The zero-order chi connectivity index (χ0) is 26.6. The Morgan fingerprint density at radius 2 is 1.95 bits per heavy atom. The summed E-state index contributed by atoms with van der Waals surface area (Å²) < 4.78 is 28.8. The second-order valence-electron chi connectivity index (χ2n) is 8.63. The van der Waals surface area contributed by atoms with Gasteiger partial charge in [0, 0.05) is 49.1 Å². The molecule has 0 aliphatic carbocycles. The molecule has 8 nitrogen and oxygen atoms in total. The van der Waals surface area contributed by atoms with Crippen LogP contribution in [0.5, 0.6) is 5.75 Å². The number of morpholine rings is 1. The fraction of sp³-hybridized carbons (Fsp3) is 0.280. The largest absolute Gasteiger partial charge is 0.486 e. The van der Waals surface area contributed by atoms with Crippen molar-refractivity contribution in [1.82, 2.24) is 29.6 Å². The second-order valence-corrected chi connectivity index (χ2v) is 11.5. The first-order valence-electron chi connectivity index (χ1n) is 11.8. The summed E-state index contributed by atoms with van der Waals surface area (Å²) in [6.07, 6.45) is 4.23. The van der Waals surface area contributed by atoms with E-state index in [0.29, 0.717) is 39.0 Å². The van der Waals surface area contributed by atoms with Crippen LogP contribution in [0.3, 0.4) is 0 Å². The van der Waals surface area contributed by atoms with Crippen molar-refractivity contribution in [2.75, 3.05) is 26.3 Å². The van der Waals surface area contributed by atoms with Crippen molar-refractivity contribution in [1.29, 1.82) is 0 Å². The smallest absolute Gasteiger partial charge is 0.153 e. The number of aromatic nitrogens is 5. The Hall–Kier alpha value is -1.95. The third-order valence-electron chi connectivity index (χ3n) is 6.07. The topological polar surface area (TPSA) is 78.2 Å². The van der Waals surface area contributed by atoms with Crippen molar-refractivity contribution < 1.29 is 13.9 Å². The van der Waals surface area contributed by atoms with E-state index in [-0.39, 0.29) is 12.1 Å². The molecule has 0 saturated carbocycles. The highest BCUT2D eigenvalue weighted by molar-refractivity contribution is 14.2. The highest BCUT2D eigenvalue weighted by atomic mass is 127. The van der Waals surface area contributed by atoms with Gasteiger partial charge in [0.05, 0.1) is 46.5 Å². The number of benzene rings is 1. The van der Waals surface area contributed by atoms with Crippen molar-refractivity contribution in [3.8, 4) is 5.75 Å². The molecule has 0 amide bonds. The van der Waals surface area contributed by atoms with E-state index in [0.717, 1.165) is 37.5 Å². The van der Waals surface area contributed by atoms with E-state index >= 15 is 4.39 Å². The Morgan fingerprint density at radius 3 is 2.63 bits per heavy atom. The van der Waals surface area contributed by atoms with Crippen LogP contribution in [-0.2, 0) is 11.3 Å². The molecule has 1 aliphatic heterocycles. The standard InChI is InChI=1S/C25H23Cl2FIN6O2P/c1-15(24-20(26)12-30-13-21(24)27)37-18-4-5-23-19(11-18)25(33-35(23)38-29)22(28)10-16-2-3-17(32-31-16)14-34-6-8-36-9-7-34/h2-5,10-13,15,38H,6-9,14H2,1H3/b22-10-. The lowest BCUT2D eigenvalue weighted by molar-refractivity contribution is 0.0335. The van der Waals surface area contributed by atoms with Crippen LogP contribution in [-0.4, -0.2) is 55.9 Å². The SMILES string of the molecule is CC(Oc1ccc2c(c1)c(/C(F)=C/c1ccc(CN3CCOCC3)nn1)nn2PI)c1c(Cl)cncc1Cl.